The van der Waals surface area contributed by atoms with Crippen molar-refractivity contribution in [3.8, 4) is 0 Å². The zero-order valence-corrected chi connectivity index (χ0v) is 13.5. The molecule has 1 fully saturated rings. The lowest BCUT2D eigenvalue weighted by atomic mass is 10.1. The van der Waals surface area contributed by atoms with Gasteiger partial charge in [-0.15, -0.1) is 0 Å². The number of carbonyl (C=O) groups is 1. The topological polar surface area (TPSA) is 67.6 Å². The molecule has 0 bridgehead atoms. The van der Waals surface area contributed by atoms with Gasteiger partial charge in [-0.2, -0.15) is 0 Å². The van der Waals surface area contributed by atoms with Gasteiger partial charge in [0.25, 0.3) is 5.91 Å². The molecule has 0 N–H and O–H groups in total. The van der Waals surface area contributed by atoms with E-state index in [0.29, 0.717) is 5.76 Å². The quantitative estimate of drug-likeness (QED) is 0.843. The summed E-state index contributed by atoms with van der Waals surface area (Å²) in [6.07, 6.45) is 1.41. The van der Waals surface area contributed by atoms with Crippen LogP contribution in [0.3, 0.4) is 0 Å². The molecule has 3 rings (SSSR count). The van der Waals surface area contributed by atoms with Crippen molar-refractivity contribution in [2.75, 3.05) is 13.1 Å². The maximum absolute atomic E-state index is 13.0. The summed E-state index contributed by atoms with van der Waals surface area (Å²) < 4.78 is 42.5. The van der Waals surface area contributed by atoms with Crippen LogP contribution in [-0.2, 0) is 15.6 Å². The van der Waals surface area contributed by atoms with Gasteiger partial charge in [-0.05, 0) is 30.3 Å². The third-order valence-corrected chi connectivity index (χ3v) is 6.04. The van der Waals surface area contributed by atoms with Crippen molar-refractivity contribution >= 4 is 27.3 Å². The highest BCUT2D eigenvalue weighted by atomic mass is 35.5. The lowest BCUT2D eigenvalue weighted by molar-refractivity contribution is 0.0659. The van der Waals surface area contributed by atoms with E-state index in [0.717, 1.165) is 12.1 Å². The average molecular weight is 358 g/mol. The van der Waals surface area contributed by atoms with Gasteiger partial charge in [-0.3, -0.25) is 4.79 Å². The summed E-state index contributed by atoms with van der Waals surface area (Å²) in [6, 6.07) is 6.71. The molecule has 1 aliphatic rings. The van der Waals surface area contributed by atoms with Crippen molar-refractivity contribution in [3.05, 3.63) is 58.8 Å². The van der Waals surface area contributed by atoms with E-state index in [1.165, 1.54) is 17.2 Å². The van der Waals surface area contributed by atoms with E-state index in [1.807, 2.05) is 0 Å². The first-order valence-electron chi connectivity index (χ1n) is 6.85. The molecule has 1 saturated heterocycles. The van der Waals surface area contributed by atoms with Crippen LogP contribution in [0.5, 0.6) is 0 Å². The van der Waals surface area contributed by atoms with E-state index in [2.05, 4.69) is 0 Å². The number of furan rings is 1. The lowest BCUT2D eigenvalue weighted by Crippen LogP contribution is -2.57. The molecule has 122 valence electrons. The van der Waals surface area contributed by atoms with Crippen LogP contribution in [0.4, 0.5) is 4.39 Å². The molecule has 8 heteroatoms. The predicted molar refractivity (Wildman–Crippen MR) is 82.4 cm³/mol. The van der Waals surface area contributed by atoms with Crippen molar-refractivity contribution < 1.29 is 22.0 Å². The van der Waals surface area contributed by atoms with Gasteiger partial charge < -0.3 is 9.32 Å². The molecule has 2 heterocycles. The normalized spacial score (nSPS) is 15.5. The van der Waals surface area contributed by atoms with Gasteiger partial charge in [0.1, 0.15) is 17.3 Å². The number of rotatable bonds is 4. The lowest BCUT2D eigenvalue weighted by Gasteiger charge is -2.38. The molecule has 1 aromatic carbocycles. The summed E-state index contributed by atoms with van der Waals surface area (Å²) >= 11 is 5.85. The number of hydrogen-bond acceptors (Lipinski definition) is 4. The number of likely N-dealkylation sites (tertiary alicyclic amines) is 1. The molecule has 2 aromatic rings. The highest BCUT2D eigenvalue weighted by molar-refractivity contribution is 7.91. The first kappa shape index (κ1) is 16.0. The molecule has 5 nitrogen and oxygen atoms in total. The summed E-state index contributed by atoms with van der Waals surface area (Å²) in [4.78, 5) is 13.6. The van der Waals surface area contributed by atoms with Gasteiger partial charge in [0.2, 0.25) is 0 Å². The smallest absolute Gasteiger partial charge is 0.255 e. The summed E-state index contributed by atoms with van der Waals surface area (Å²) in [7, 11) is -3.39. The Kier molecular flexibility index (Phi) is 4.16. The molecular formula is C15H13ClFNO4S. The van der Waals surface area contributed by atoms with Crippen molar-refractivity contribution in [2.45, 2.75) is 11.0 Å². The van der Waals surface area contributed by atoms with Gasteiger partial charge in [-0.1, -0.05) is 11.6 Å². The van der Waals surface area contributed by atoms with Gasteiger partial charge in [0, 0.05) is 13.1 Å². The summed E-state index contributed by atoms with van der Waals surface area (Å²) in [5, 5.41) is -0.618. The van der Waals surface area contributed by atoms with E-state index in [1.54, 1.807) is 12.1 Å². The number of hydrogen-bond donors (Lipinski definition) is 0. The van der Waals surface area contributed by atoms with Crippen LogP contribution in [-0.4, -0.2) is 37.6 Å². The molecule has 23 heavy (non-hydrogen) atoms. The maximum atomic E-state index is 13.0. The largest absolute Gasteiger partial charge is 0.468 e. The Morgan fingerprint density at radius 1 is 1.35 bits per heavy atom. The first-order chi connectivity index (χ1) is 10.9. The number of carbonyl (C=O) groups excluding carboxylic acids is 1. The van der Waals surface area contributed by atoms with E-state index in [9.17, 15) is 17.6 Å². The molecule has 0 saturated carbocycles. The summed E-state index contributed by atoms with van der Waals surface area (Å²) in [5.41, 5.74) is 0.162. The second-order valence-corrected chi connectivity index (χ2v) is 8.03. The third-order valence-electron chi connectivity index (χ3n) is 3.73. The Morgan fingerprint density at radius 2 is 2.09 bits per heavy atom. The summed E-state index contributed by atoms with van der Waals surface area (Å²) in [5.74, 6) is -0.755. The maximum Gasteiger partial charge on any atom is 0.255 e. The van der Waals surface area contributed by atoms with Crippen molar-refractivity contribution in [3.63, 3.8) is 0 Å². The zero-order chi connectivity index (χ0) is 16.6. The molecule has 0 spiro atoms. The number of amides is 1. The standard InChI is InChI=1S/C15H13ClFNO4S/c16-14-6-10(17)3-4-13(14)15(19)18-7-12(8-18)23(20,21)9-11-2-1-5-22-11/h1-6,12H,7-9H2. The van der Waals surface area contributed by atoms with Gasteiger partial charge in [0.05, 0.1) is 22.1 Å². The van der Waals surface area contributed by atoms with Crippen LogP contribution in [0.15, 0.2) is 41.0 Å². The van der Waals surface area contributed by atoms with Gasteiger partial charge >= 0.3 is 0 Å². The van der Waals surface area contributed by atoms with Crippen LogP contribution in [0.1, 0.15) is 16.1 Å². The van der Waals surface area contributed by atoms with Crippen LogP contribution >= 0.6 is 11.6 Å². The molecular weight excluding hydrogens is 345 g/mol. The third kappa shape index (κ3) is 3.25. The molecule has 0 aliphatic carbocycles. The Morgan fingerprint density at radius 3 is 2.70 bits per heavy atom. The van der Waals surface area contributed by atoms with Crippen molar-refractivity contribution in [2.24, 2.45) is 0 Å². The van der Waals surface area contributed by atoms with Crippen molar-refractivity contribution in [1.82, 2.24) is 4.90 Å². The van der Waals surface area contributed by atoms with Crippen LogP contribution < -0.4 is 0 Å². The Balaban J connectivity index is 1.65. The molecule has 0 radical (unpaired) electrons. The molecule has 0 atom stereocenters. The SMILES string of the molecule is O=C(c1ccc(F)cc1Cl)N1CC(S(=O)(=O)Cc2ccco2)C1. The van der Waals surface area contributed by atoms with E-state index < -0.39 is 26.8 Å². The van der Waals surface area contributed by atoms with Crippen molar-refractivity contribution in [1.29, 1.82) is 0 Å². The Labute approximate surface area is 137 Å². The fraction of sp³-hybridized carbons (Fsp3) is 0.267. The van der Waals surface area contributed by atoms with Crippen LogP contribution in [0, 0.1) is 5.82 Å². The number of sulfone groups is 1. The average Bonchev–Trinajstić information content (AvgIpc) is 2.88. The van der Waals surface area contributed by atoms with E-state index in [4.69, 9.17) is 16.0 Å². The second kappa shape index (κ2) is 5.98. The van der Waals surface area contributed by atoms with E-state index in [-0.39, 0.29) is 29.4 Å². The van der Waals surface area contributed by atoms with Gasteiger partial charge in [0.15, 0.2) is 9.84 Å². The Bertz CT molecular complexity index is 829. The minimum absolute atomic E-state index is 0.0110. The highest BCUT2D eigenvalue weighted by Crippen LogP contribution is 2.25. The number of halogens is 2. The molecule has 1 aliphatic heterocycles. The molecule has 0 unspecified atom stereocenters. The molecule has 1 aromatic heterocycles. The molecule has 1 amide bonds. The number of nitrogens with zero attached hydrogens (tertiary/aromatic N) is 1. The summed E-state index contributed by atoms with van der Waals surface area (Å²) in [6.45, 7) is 0.186. The fourth-order valence-corrected chi connectivity index (χ4v) is 4.23. The predicted octanol–water partition coefficient (Wildman–Crippen LogP) is 2.51. The minimum Gasteiger partial charge on any atom is -0.468 e. The van der Waals surface area contributed by atoms with Crippen LogP contribution in [0.25, 0.3) is 0 Å². The Hall–Kier alpha value is -1.86. The highest BCUT2D eigenvalue weighted by Gasteiger charge is 2.40. The fourth-order valence-electron chi connectivity index (χ4n) is 2.38. The zero-order valence-electron chi connectivity index (χ0n) is 11.9. The van der Waals surface area contributed by atoms with E-state index >= 15 is 0 Å². The minimum atomic E-state index is -3.39. The van der Waals surface area contributed by atoms with Crippen LogP contribution in [0.2, 0.25) is 5.02 Å². The number of benzene rings is 1. The second-order valence-electron chi connectivity index (χ2n) is 5.34. The first-order valence-corrected chi connectivity index (χ1v) is 8.94. The van der Waals surface area contributed by atoms with Gasteiger partial charge in [-0.25, -0.2) is 12.8 Å². The monoisotopic (exact) mass is 357 g/mol.